The summed E-state index contributed by atoms with van der Waals surface area (Å²) in [6, 6.07) is 8.01. The number of H-pyrrole nitrogens is 1. The SMILES string of the molecule is CC1CC(C)CN(C(=O)COC(=O)CCc2c[nH]c3ccccc23)C1. The maximum absolute atomic E-state index is 12.2. The van der Waals surface area contributed by atoms with Crippen LogP contribution in [0.5, 0.6) is 0 Å². The molecular weight excluding hydrogens is 316 g/mol. The molecule has 2 unspecified atom stereocenters. The van der Waals surface area contributed by atoms with E-state index < -0.39 is 0 Å². The third-order valence-electron chi connectivity index (χ3n) is 4.85. The van der Waals surface area contributed by atoms with Gasteiger partial charge >= 0.3 is 5.97 Å². The summed E-state index contributed by atoms with van der Waals surface area (Å²) in [5, 5.41) is 1.13. The van der Waals surface area contributed by atoms with Crippen LogP contribution in [-0.4, -0.2) is 41.5 Å². The fourth-order valence-electron chi connectivity index (χ4n) is 3.75. The summed E-state index contributed by atoms with van der Waals surface area (Å²) in [5.41, 5.74) is 2.16. The van der Waals surface area contributed by atoms with Crippen molar-refractivity contribution in [3.63, 3.8) is 0 Å². The van der Waals surface area contributed by atoms with Gasteiger partial charge in [-0.3, -0.25) is 9.59 Å². The number of para-hydroxylation sites is 1. The van der Waals surface area contributed by atoms with Crippen molar-refractivity contribution in [2.75, 3.05) is 19.7 Å². The van der Waals surface area contributed by atoms with E-state index in [1.54, 1.807) is 0 Å². The van der Waals surface area contributed by atoms with Crippen LogP contribution in [0.3, 0.4) is 0 Å². The number of carbonyl (C=O) groups excluding carboxylic acids is 2. The molecule has 1 aromatic carbocycles. The minimum atomic E-state index is -0.322. The van der Waals surface area contributed by atoms with Crippen LogP contribution in [-0.2, 0) is 20.7 Å². The van der Waals surface area contributed by atoms with E-state index in [0.717, 1.165) is 36.0 Å². The molecule has 25 heavy (non-hydrogen) atoms. The normalized spacial score (nSPS) is 20.6. The summed E-state index contributed by atoms with van der Waals surface area (Å²) in [4.78, 5) is 29.3. The molecule has 1 aromatic heterocycles. The molecule has 2 atom stereocenters. The Morgan fingerprint density at radius 3 is 2.68 bits per heavy atom. The molecule has 1 amide bonds. The third-order valence-corrected chi connectivity index (χ3v) is 4.85. The minimum Gasteiger partial charge on any atom is -0.456 e. The molecule has 1 saturated heterocycles. The number of aromatic nitrogens is 1. The van der Waals surface area contributed by atoms with Crippen molar-refractivity contribution in [3.8, 4) is 0 Å². The quantitative estimate of drug-likeness (QED) is 0.849. The van der Waals surface area contributed by atoms with Crippen LogP contribution in [0, 0.1) is 11.8 Å². The molecule has 0 radical (unpaired) electrons. The van der Waals surface area contributed by atoms with Crippen molar-refractivity contribution in [1.29, 1.82) is 0 Å². The van der Waals surface area contributed by atoms with E-state index in [1.165, 1.54) is 0 Å². The fraction of sp³-hybridized carbons (Fsp3) is 0.500. The zero-order chi connectivity index (χ0) is 17.8. The number of ether oxygens (including phenoxy) is 1. The van der Waals surface area contributed by atoms with E-state index in [-0.39, 0.29) is 24.9 Å². The second-order valence-corrected chi connectivity index (χ2v) is 7.26. The highest BCUT2D eigenvalue weighted by Gasteiger charge is 2.25. The van der Waals surface area contributed by atoms with Gasteiger partial charge < -0.3 is 14.6 Å². The smallest absolute Gasteiger partial charge is 0.306 e. The van der Waals surface area contributed by atoms with Gasteiger partial charge in [0.1, 0.15) is 0 Å². The number of benzene rings is 1. The van der Waals surface area contributed by atoms with E-state index in [1.807, 2.05) is 35.4 Å². The first-order valence-electron chi connectivity index (χ1n) is 9.01. The zero-order valence-electron chi connectivity index (χ0n) is 15.0. The highest BCUT2D eigenvalue weighted by Crippen LogP contribution is 2.21. The van der Waals surface area contributed by atoms with Crippen LogP contribution in [0.25, 0.3) is 10.9 Å². The predicted octanol–water partition coefficient (Wildman–Crippen LogP) is 3.15. The van der Waals surface area contributed by atoms with E-state index in [2.05, 4.69) is 18.8 Å². The van der Waals surface area contributed by atoms with E-state index >= 15 is 0 Å². The van der Waals surface area contributed by atoms with E-state index in [9.17, 15) is 9.59 Å². The second-order valence-electron chi connectivity index (χ2n) is 7.26. The maximum Gasteiger partial charge on any atom is 0.306 e. The van der Waals surface area contributed by atoms with Gasteiger partial charge in [0.2, 0.25) is 0 Å². The summed E-state index contributed by atoms with van der Waals surface area (Å²) < 4.78 is 5.20. The highest BCUT2D eigenvalue weighted by molar-refractivity contribution is 5.84. The molecule has 0 spiro atoms. The van der Waals surface area contributed by atoms with Crippen LogP contribution in [0.15, 0.2) is 30.5 Å². The summed E-state index contributed by atoms with van der Waals surface area (Å²) in [7, 11) is 0. The topological polar surface area (TPSA) is 62.4 Å². The number of hydrogen-bond donors (Lipinski definition) is 1. The average molecular weight is 342 g/mol. The largest absolute Gasteiger partial charge is 0.456 e. The van der Waals surface area contributed by atoms with Crippen LogP contribution in [0.2, 0.25) is 0 Å². The Hall–Kier alpha value is -2.30. The number of aromatic amines is 1. The van der Waals surface area contributed by atoms with Gasteiger partial charge in [0.25, 0.3) is 5.91 Å². The third kappa shape index (κ3) is 4.41. The molecular formula is C20H26N2O3. The first-order chi connectivity index (χ1) is 12.0. The Bertz CT molecular complexity index is 742. The summed E-state index contributed by atoms with van der Waals surface area (Å²) in [6.45, 7) is 5.69. The number of likely N-dealkylation sites (tertiary alicyclic amines) is 1. The minimum absolute atomic E-state index is 0.0844. The Labute approximate surface area is 148 Å². The van der Waals surface area contributed by atoms with Crippen LogP contribution >= 0.6 is 0 Å². The number of esters is 1. The van der Waals surface area contributed by atoms with Gasteiger partial charge in [-0.05, 0) is 36.3 Å². The van der Waals surface area contributed by atoms with Crippen molar-refractivity contribution < 1.29 is 14.3 Å². The Morgan fingerprint density at radius 2 is 1.92 bits per heavy atom. The Morgan fingerprint density at radius 1 is 1.20 bits per heavy atom. The first-order valence-corrected chi connectivity index (χ1v) is 9.01. The Kier molecular flexibility index (Phi) is 5.41. The predicted molar refractivity (Wildman–Crippen MR) is 97.1 cm³/mol. The standard InChI is InChI=1S/C20H26N2O3/c1-14-9-15(2)12-22(11-14)19(23)13-25-20(24)8-7-16-10-21-18-6-4-3-5-17(16)18/h3-6,10,14-15,21H,7-9,11-13H2,1-2H3. The van der Waals surface area contributed by atoms with Gasteiger partial charge in [0.05, 0.1) is 0 Å². The summed E-state index contributed by atoms with van der Waals surface area (Å²) in [6.07, 6.45) is 3.96. The maximum atomic E-state index is 12.2. The number of nitrogens with zero attached hydrogens (tertiary/aromatic N) is 1. The molecule has 1 aliphatic heterocycles. The zero-order valence-corrected chi connectivity index (χ0v) is 15.0. The van der Waals surface area contributed by atoms with E-state index in [0.29, 0.717) is 18.3 Å². The van der Waals surface area contributed by atoms with Crippen LogP contribution < -0.4 is 0 Å². The van der Waals surface area contributed by atoms with Gasteiger partial charge in [-0.1, -0.05) is 32.0 Å². The number of fused-ring (bicyclic) bond motifs is 1. The van der Waals surface area contributed by atoms with Crippen molar-refractivity contribution in [1.82, 2.24) is 9.88 Å². The summed E-state index contributed by atoms with van der Waals surface area (Å²) in [5.74, 6) is 0.603. The lowest BCUT2D eigenvalue weighted by molar-refractivity contribution is -0.153. The van der Waals surface area contributed by atoms with Crippen molar-refractivity contribution in [3.05, 3.63) is 36.0 Å². The molecule has 134 valence electrons. The molecule has 1 N–H and O–H groups in total. The molecule has 5 nitrogen and oxygen atoms in total. The van der Waals surface area contributed by atoms with Gasteiger partial charge in [0.15, 0.2) is 6.61 Å². The van der Waals surface area contributed by atoms with Crippen LogP contribution in [0.1, 0.15) is 32.3 Å². The molecule has 1 aliphatic rings. The van der Waals surface area contributed by atoms with Crippen LogP contribution in [0.4, 0.5) is 0 Å². The fourth-order valence-corrected chi connectivity index (χ4v) is 3.75. The number of rotatable bonds is 5. The molecule has 5 heteroatoms. The van der Waals surface area contributed by atoms with Crippen molar-refractivity contribution in [2.24, 2.45) is 11.8 Å². The first kappa shape index (κ1) is 17.5. The number of amides is 1. The van der Waals surface area contributed by atoms with Crippen molar-refractivity contribution >= 4 is 22.8 Å². The van der Waals surface area contributed by atoms with Gasteiger partial charge in [-0.2, -0.15) is 0 Å². The van der Waals surface area contributed by atoms with E-state index in [4.69, 9.17) is 4.74 Å². The number of piperidine rings is 1. The number of carbonyl (C=O) groups is 2. The molecule has 0 bridgehead atoms. The lowest BCUT2D eigenvalue weighted by Gasteiger charge is -2.34. The lowest BCUT2D eigenvalue weighted by Crippen LogP contribution is -2.44. The lowest BCUT2D eigenvalue weighted by atomic mass is 9.92. The van der Waals surface area contributed by atoms with Gasteiger partial charge in [0, 0.05) is 36.6 Å². The number of nitrogens with one attached hydrogen (secondary N) is 1. The number of aryl methyl sites for hydroxylation is 1. The molecule has 3 rings (SSSR count). The summed E-state index contributed by atoms with van der Waals surface area (Å²) >= 11 is 0. The number of hydrogen-bond acceptors (Lipinski definition) is 3. The Balaban J connectivity index is 1.46. The molecule has 0 saturated carbocycles. The monoisotopic (exact) mass is 342 g/mol. The van der Waals surface area contributed by atoms with Crippen molar-refractivity contribution in [2.45, 2.75) is 33.1 Å². The molecule has 1 fully saturated rings. The second kappa shape index (κ2) is 7.72. The molecule has 2 aromatic rings. The molecule has 2 heterocycles. The molecule has 0 aliphatic carbocycles. The average Bonchev–Trinajstić information content (AvgIpc) is 3.00. The van der Waals surface area contributed by atoms with Gasteiger partial charge in [-0.15, -0.1) is 0 Å². The highest BCUT2D eigenvalue weighted by atomic mass is 16.5. The van der Waals surface area contributed by atoms with Gasteiger partial charge in [-0.25, -0.2) is 0 Å².